The summed E-state index contributed by atoms with van der Waals surface area (Å²) in [5.41, 5.74) is 0.892. The first-order valence-electron chi connectivity index (χ1n) is 6.71. The lowest BCUT2D eigenvalue weighted by Crippen LogP contribution is -2.29. The Labute approximate surface area is 113 Å². The van der Waals surface area contributed by atoms with Gasteiger partial charge in [0.25, 0.3) is 0 Å². The van der Waals surface area contributed by atoms with E-state index in [4.69, 9.17) is 5.11 Å². The number of nitrogens with one attached hydrogen (secondary N) is 1. The van der Waals surface area contributed by atoms with Crippen LogP contribution in [0.5, 0.6) is 5.75 Å². The molecule has 0 spiro atoms. The SMILES string of the molecule is CC(CCO)NC(C)c1ccc2ccccc2c1O. The molecule has 0 heterocycles. The number of hydrogen-bond acceptors (Lipinski definition) is 3. The molecule has 19 heavy (non-hydrogen) atoms. The lowest BCUT2D eigenvalue weighted by atomic mass is 10.0. The van der Waals surface area contributed by atoms with E-state index in [-0.39, 0.29) is 18.7 Å². The van der Waals surface area contributed by atoms with Crippen molar-refractivity contribution in [1.29, 1.82) is 0 Å². The van der Waals surface area contributed by atoms with Crippen LogP contribution in [0.1, 0.15) is 31.9 Å². The minimum atomic E-state index is 0.0474. The molecular formula is C16H21NO2. The van der Waals surface area contributed by atoms with Crippen LogP contribution in [-0.2, 0) is 0 Å². The molecule has 3 nitrogen and oxygen atoms in total. The number of aromatic hydroxyl groups is 1. The van der Waals surface area contributed by atoms with Crippen molar-refractivity contribution in [2.75, 3.05) is 6.61 Å². The molecule has 3 N–H and O–H groups in total. The molecule has 2 aromatic rings. The van der Waals surface area contributed by atoms with E-state index >= 15 is 0 Å². The number of benzene rings is 2. The van der Waals surface area contributed by atoms with Gasteiger partial charge in [0.2, 0.25) is 0 Å². The highest BCUT2D eigenvalue weighted by Crippen LogP contribution is 2.32. The Balaban J connectivity index is 2.27. The third-order valence-electron chi connectivity index (χ3n) is 3.49. The maximum absolute atomic E-state index is 10.4. The third-order valence-corrected chi connectivity index (χ3v) is 3.49. The summed E-state index contributed by atoms with van der Waals surface area (Å²) < 4.78 is 0. The first kappa shape index (κ1) is 13.8. The number of rotatable bonds is 5. The van der Waals surface area contributed by atoms with E-state index in [1.54, 1.807) is 0 Å². The minimum absolute atomic E-state index is 0.0474. The maximum atomic E-state index is 10.4. The van der Waals surface area contributed by atoms with E-state index in [0.29, 0.717) is 12.2 Å². The zero-order valence-corrected chi connectivity index (χ0v) is 11.4. The Kier molecular flexibility index (Phi) is 4.40. The van der Waals surface area contributed by atoms with Crippen LogP contribution in [0.4, 0.5) is 0 Å². The monoisotopic (exact) mass is 259 g/mol. The summed E-state index contributed by atoms with van der Waals surface area (Å²) in [5, 5.41) is 24.6. The van der Waals surface area contributed by atoms with Crippen LogP contribution in [-0.4, -0.2) is 22.9 Å². The molecule has 2 atom stereocenters. The Morgan fingerprint density at radius 1 is 1.11 bits per heavy atom. The number of phenols is 1. The predicted molar refractivity (Wildman–Crippen MR) is 78.3 cm³/mol. The molecule has 0 aromatic heterocycles. The van der Waals surface area contributed by atoms with Gasteiger partial charge in [-0.2, -0.15) is 0 Å². The van der Waals surface area contributed by atoms with Crippen LogP contribution in [0.2, 0.25) is 0 Å². The van der Waals surface area contributed by atoms with Crippen LogP contribution in [0, 0.1) is 0 Å². The molecule has 0 saturated carbocycles. The van der Waals surface area contributed by atoms with Crippen molar-refractivity contribution < 1.29 is 10.2 Å². The highest BCUT2D eigenvalue weighted by atomic mass is 16.3. The molecule has 0 aliphatic heterocycles. The standard InChI is InChI=1S/C16H21NO2/c1-11(9-10-18)17-12(2)14-8-7-13-5-3-4-6-15(13)16(14)19/h3-8,11-12,17-19H,9-10H2,1-2H3. The highest BCUT2D eigenvalue weighted by Gasteiger charge is 2.14. The van der Waals surface area contributed by atoms with E-state index < -0.39 is 0 Å². The van der Waals surface area contributed by atoms with E-state index in [2.05, 4.69) is 5.32 Å². The van der Waals surface area contributed by atoms with Crippen molar-refractivity contribution >= 4 is 10.8 Å². The summed E-state index contributed by atoms with van der Waals surface area (Å²) in [7, 11) is 0. The highest BCUT2D eigenvalue weighted by molar-refractivity contribution is 5.89. The topological polar surface area (TPSA) is 52.5 Å². The van der Waals surface area contributed by atoms with Crippen LogP contribution >= 0.6 is 0 Å². The van der Waals surface area contributed by atoms with Gasteiger partial charge in [-0.05, 0) is 25.7 Å². The van der Waals surface area contributed by atoms with E-state index in [1.807, 2.05) is 50.2 Å². The molecular weight excluding hydrogens is 238 g/mol. The van der Waals surface area contributed by atoms with Gasteiger partial charge in [-0.3, -0.25) is 0 Å². The largest absolute Gasteiger partial charge is 0.507 e. The van der Waals surface area contributed by atoms with Crippen LogP contribution < -0.4 is 5.32 Å². The summed E-state index contributed by atoms with van der Waals surface area (Å²) in [6, 6.07) is 12.1. The van der Waals surface area contributed by atoms with Gasteiger partial charge in [0.1, 0.15) is 5.75 Å². The van der Waals surface area contributed by atoms with Crippen LogP contribution in [0.15, 0.2) is 36.4 Å². The van der Waals surface area contributed by atoms with Gasteiger partial charge in [-0.15, -0.1) is 0 Å². The number of fused-ring (bicyclic) bond motifs is 1. The molecule has 2 aromatic carbocycles. The number of aliphatic hydroxyl groups is 1. The summed E-state index contributed by atoms with van der Waals surface area (Å²) in [6.07, 6.45) is 0.707. The fourth-order valence-electron chi connectivity index (χ4n) is 2.41. The third kappa shape index (κ3) is 3.06. The van der Waals surface area contributed by atoms with Crippen molar-refractivity contribution in [3.05, 3.63) is 42.0 Å². The Morgan fingerprint density at radius 2 is 1.84 bits per heavy atom. The van der Waals surface area contributed by atoms with Crippen molar-refractivity contribution in [3.8, 4) is 5.75 Å². The molecule has 3 heteroatoms. The molecule has 102 valence electrons. The van der Waals surface area contributed by atoms with Gasteiger partial charge < -0.3 is 15.5 Å². The first-order chi connectivity index (χ1) is 9.13. The fraction of sp³-hybridized carbons (Fsp3) is 0.375. The van der Waals surface area contributed by atoms with Crippen molar-refractivity contribution in [1.82, 2.24) is 5.32 Å². The van der Waals surface area contributed by atoms with Gasteiger partial charge in [-0.1, -0.05) is 36.4 Å². The maximum Gasteiger partial charge on any atom is 0.128 e. The molecule has 0 saturated heterocycles. The van der Waals surface area contributed by atoms with E-state index in [0.717, 1.165) is 16.3 Å². The average Bonchev–Trinajstić information content (AvgIpc) is 2.39. The molecule has 0 radical (unpaired) electrons. The van der Waals surface area contributed by atoms with Gasteiger partial charge in [-0.25, -0.2) is 0 Å². The second-order valence-electron chi connectivity index (χ2n) is 5.03. The molecule has 0 amide bonds. The van der Waals surface area contributed by atoms with Gasteiger partial charge in [0.15, 0.2) is 0 Å². The molecule has 0 fully saturated rings. The van der Waals surface area contributed by atoms with Crippen LogP contribution in [0.3, 0.4) is 0 Å². The van der Waals surface area contributed by atoms with Crippen LogP contribution in [0.25, 0.3) is 10.8 Å². The minimum Gasteiger partial charge on any atom is -0.507 e. The Morgan fingerprint density at radius 3 is 2.58 bits per heavy atom. The van der Waals surface area contributed by atoms with Crippen molar-refractivity contribution in [3.63, 3.8) is 0 Å². The van der Waals surface area contributed by atoms with Crippen molar-refractivity contribution in [2.24, 2.45) is 0 Å². The zero-order valence-electron chi connectivity index (χ0n) is 11.4. The lowest BCUT2D eigenvalue weighted by Gasteiger charge is -2.21. The van der Waals surface area contributed by atoms with Crippen molar-refractivity contribution in [2.45, 2.75) is 32.4 Å². The number of hydrogen-bond donors (Lipinski definition) is 3. The second kappa shape index (κ2) is 6.04. The Hall–Kier alpha value is -1.58. The van der Waals surface area contributed by atoms with Gasteiger partial charge >= 0.3 is 0 Å². The van der Waals surface area contributed by atoms with Gasteiger partial charge in [0, 0.05) is 29.6 Å². The summed E-state index contributed by atoms with van der Waals surface area (Å²) in [5.74, 6) is 0.342. The summed E-state index contributed by atoms with van der Waals surface area (Å²) >= 11 is 0. The van der Waals surface area contributed by atoms with E-state index in [1.165, 1.54) is 0 Å². The Bertz CT molecular complexity index is 553. The zero-order chi connectivity index (χ0) is 13.8. The predicted octanol–water partition coefficient (Wildman–Crippen LogP) is 2.97. The number of phenolic OH excluding ortho intramolecular Hbond substituents is 1. The fourth-order valence-corrected chi connectivity index (χ4v) is 2.41. The second-order valence-corrected chi connectivity index (χ2v) is 5.03. The molecule has 0 bridgehead atoms. The smallest absolute Gasteiger partial charge is 0.128 e. The lowest BCUT2D eigenvalue weighted by molar-refractivity contribution is 0.264. The molecule has 0 aliphatic rings. The number of aliphatic hydroxyl groups excluding tert-OH is 1. The first-order valence-corrected chi connectivity index (χ1v) is 6.71. The van der Waals surface area contributed by atoms with E-state index in [9.17, 15) is 5.11 Å². The quantitative estimate of drug-likeness (QED) is 0.773. The molecule has 0 aliphatic carbocycles. The van der Waals surface area contributed by atoms with Gasteiger partial charge in [0.05, 0.1) is 0 Å². The average molecular weight is 259 g/mol. The molecule has 2 rings (SSSR count). The molecule has 2 unspecified atom stereocenters. The summed E-state index contributed by atoms with van der Waals surface area (Å²) in [6.45, 7) is 4.23. The normalized spacial score (nSPS) is 14.5. The summed E-state index contributed by atoms with van der Waals surface area (Å²) in [4.78, 5) is 0.